The number of nitrogens with zero attached hydrogens (tertiary/aromatic N) is 1. The van der Waals surface area contributed by atoms with Crippen LogP contribution in [0, 0.1) is 6.92 Å². The summed E-state index contributed by atoms with van der Waals surface area (Å²) < 4.78 is 0. The Morgan fingerprint density at radius 2 is 2.31 bits per heavy atom. The molecule has 2 aromatic heterocycles. The molecule has 0 aliphatic carbocycles. The highest BCUT2D eigenvalue weighted by molar-refractivity contribution is 7.09. The van der Waals surface area contributed by atoms with Gasteiger partial charge in [0.15, 0.2) is 0 Å². The first-order chi connectivity index (χ1) is 7.77. The van der Waals surface area contributed by atoms with E-state index in [1.54, 1.807) is 17.5 Å². The molecular formula is C12H15N3S. The molecule has 0 radical (unpaired) electrons. The number of rotatable bonds is 4. The number of thiophene rings is 1. The second-order valence-electron chi connectivity index (χ2n) is 3.65. The van der Waals surface area contributed by atoms with Gasteiger partial charge in [-0.25, -0.2) is 4.98 Å². The van der Waals surface area contributed by atoms with Gasteiger partial charge in [0.1, 0.15) is 5.82 Å². The van der Waals surface area contributed by atoms with Crippen molar-refractivity contribution in [1.29, 1.82) is 0 Å². The lowest BCUT2D eigenvalue weighted by Crippen LogP contribution is -2.08. The number of hydrogen-bond acceptors (Lipinski definition) is 4. The Kier molecular flexibility index (Phi) is 3.41. The van der Waals surface area contributed by atoms with Gasteiger partial charge >= 0.3 is 0 Å². The summed E-state index contributed by atoms with van der Waals surface area (Å²) in [5, 5.41) is 5.35. The molecule has 2 heterocycles. The molecule has 4 heteroatoms. The van der Waals surface area contributed by atoms with E-state index in [9.17, 15) is 0 Å². The van der Waals surface area contributed by atoms with E-state index >= 15 is 0 Å². The Bertz CT molecular complexity index is 451. The third kappa shape index (κ3) is 2.52. The van der Waals surface area contributed by atoms with Gasteiger partial charge in [-0.15, -0.1) is 11.3 Å². The highest BCUT2D eigenvalue weighted by Crippen LogP contribution is 2.18. The van der Waals surface area contributed by atoms with Gasteiger partial charge in [0.25, 0.3) is 0 Å². The van der Waals surface area contributed by atoms with Crippen molar-refractivity contribution in [2.75, 3.05) is 17.6 Å². The summed E-state index contributed by atoms with van der Waals surface area (Å²) >= 11 is 1.77. The van der Waals surface area contributed by atoms with Gasteiger partial charge in [-0.1, -0.05) is 6.07 Å². The fourth-order valence-corrected chi connectivity index (χ4v) is 2.18. The van der Waals surface area contributed by atoms with Crippen LogP contribution >= 0.6 is 11.3 Å². The molecule has 0 unspecified atom stereocenters. The maximum Gasteiger partial charge on any atom is 0.149 e. The zero-order valence-electron chi connectivity index (χ0n) is 9.23. The Labute approximate surface area is 99.3 Å². The number of aryl methyl sites for hydroxylation is 1. The highest BCUT2D eigenvalue weighted by atomic mass is 32.1. The number of hydrogen-bond donors (Lipinski definition) is 2. The topological polar surface area (TPSA) is 50.9 Å². The molecule has 16 heavy (non-hydrogen) atoms. The van der Waals surface area contributed by atoms with Crippen molar-refractivity contribution >= 4 is 22.8 Å². The molecule has 0 spiro atoms. The first-order valence-corrected chi connectivity index (χ1v) is 6.12. The van der Waals surface area contributed by atoms with Crippen molar-refractivity contribution in [1.82, 2.24) is 4.98 Å². The largest absolute Gasteiger partial charge is 0.396 e. The van der Waals surface area contributed by atoms with Crippen LogP contribution in [-0.2, 0) is 6.42 Å². The molecule has 0 aliphatic heterocycles. The van der Waals surface area contributed by atoms with Crippen LogP contribution in [-0.4, -0.2) is 11.5 Å². The minimum atomic E-state index is 0.744. The lowest BCUT2D eigenvalue weighted by molar-refractivity contribution is 1.03. The Morgan fingerprint density at radius 1 is 1.44 bits per heavy atom. The van der Waals surface area contributed by atoms with Crippen LogP contribution in [0.5, 0.6) is 0 Å². The first-order valence-electron chi connectivity index (χ1n) is 5.24. The molecule has 0 saturated heterocycles. The fraction of sp³-hybridized carbons (Fsp3) is 0.250. The van der Waals surface area contributed by atoms with Gasteiger partial charge in [0.2, 0.25) is 0 Å². The number of aromatic nitrogens is 1. The van der Waals surface area contributed by atoms with E-state index in [0.717, 1.165) is 30.0 Å². The van der Waals surface area contributed by atoms with E-state index in [1.165, 1.54) is 4.88 Å². The first kappa shape index (κ1) is 11.0. The maximum absolute atomic E-state index is 5.92. The van der Waals surface area contributed by atoms with Crippen LogP contribution in [0.15, 0.2) is 29.8 Å². The molecule has 0 fully saturated rings. The average Bonchev–Trinajstić information content (AvgIpc) is 2.77. The maximum atomic E-state index is 5.92. The summed E-state index contributed by atoms with van der Waals surface area (Å²) in [7, 11) is 0. The van der Waals surface area contributed by atoms with E-state index in [-0.39, 0.29) is 0 Å². The number of nitrogens with one attached hydrogen (secondary N) is 1. The lowest BCUT2D eigenvalue weighted by atomic mass is 10.2. The molecule has 84 valence electrons. The normalized spacial score (nSPS) is 10.3. The SMILES string of the molecule is Cc1ccnc(NCCc2cccs2)c1N. The van der Waals surface area contributed by atoms with Crippen LogP contribution in [0.1, 0.15) is 10.4 Å². The molecule has 3 nitrogen and oxygen atoms in total. The predicted octanol–water partition coefficient (Wildman–Crippen LogP) is 2.69. The molecule has 0 aromatic carbocycles. The zero-order chi connectivity index (χ0) is 11.4. The van der Waals surface area contributed by atoms with Gasteiger partial charge in [-0.3, -0.25) is 0 Å². The molecule has 3 N–H and O–H groups in total. The van der Waals surface area contributed by atoms with Gasteiger partial charge in [-0.05, 0) is 36.4 Å². The Hall–Kier alpha value is -1.55. The smallest absolute Gasteiger partial charge is 0.149 e. The van der Waals surface area contributed by atoms with Crippen LogP contribution in [0.2, 0.25) is 0 Å². The summed E-state index contributed by atoms with van der Waals surface area (Å²) in [5.41, 5.74) is 7.73. The number of pyridine rings is 1. The van der Waals surface area contributed by atoms with Crippen molar-refractivity contribution in [2.24, 2.45) is 0 Å². The molecule has 2 rings (SSSR count). The molecule has 2 aromatic rings. The van der Waals surface area contributed by atoms with Crippen molar-refractivity contribution < 1.29 is 0 Å². The number of nitrogen functional groups attached to an aromatic ring is 1. The molecular weight excluding hydrogens is 218 g/mol. The van der Waals surface area contributed by atoms with Gasteiger partial charge in [-0.2, -0.15) is 0 Å². The van der Waals surface area contributed by atoms with Crippen molar-refractivity contribution in [2.45, 2.75) is 13.3 Å². The summed E-state index contributed by atoms with van der Waals surface area (Å²) in [5.74, 6) is 0.788. The second kappa shape index (κ2) is 4.99. The quantitative estimate of drug-likeness (QED) is 0.853. The van der Waals surface area contributed by atoms with E-state index in [4.69, 9.17) is 5.73 Å². The molecule has 0 aliphatic rings. The Balaban J connectivity index is 1.92. The standard InChI is InChI=1S/C12H15N3S/c1-9-4-6-14-12(11(9)13)15-7-5-10-3-2-8-16-10/h2-4,6,8H,5,7,13H2,1H3,(H,14,15). The minimum absolute atomic E-state index is 0.744. The summed E-state index contributed by atoms with van der Waals surface area (Å²) in [6, 6.07) is 6.12. The fourth-order valence-electron chi connectivity index (χ4n) is 1.47. The van der Waals surface area contributed by atoms with E-state index in [0.29, 0.717) is 0 Å². The minimum Gasteiger partial charge on any atom is -0.396 e. The monoisotopic (exact) mass is 233 g/mol. The van der Waals surface area contributed by atoms with E-state index in [2.05, 4.69) is 27.8 Å². The van der Waals surface area contributed by atoms with E-state index < -0.39 is 0 Å². The summed E-state index contributed by atoms with van der Waals surface area (Å²) in [6.07, 6.45) is 2.78. The highest BCUT2D eigenvalue weighted by Gasteiger charge is 2.02. The van der Waals surface area contributed by atoms with Crippen LogP contribution in [0.25, 0.3) is 0 Å². The molecule has 0 bridgehead atoms. The molecule has 0 atom stereocenters. The zero-order valence-corrected chi connectivity index (χ0v) is 10.1. The third-order valence-electron chi connectivity index (χ3n) is 2.45. The van der Waals surface area contributed by atoms with Crippen LogP contribution < -0.4 is 11.1 Å². The van der Waals surface area contributed by atoms with Crippen LogP contribution in [0.4, 0.5) is 11.5 Å². The van der Waals surface area contributed by atoms with Crippen molar-refractivity contribution in [3.05, 3.63) is 40.2 Å². The second-order valence-corrected chi connectivity index (χ2v) is 4.68. The van der Waals surface area contributed by atoms with E-state index in [1.807, 2.05) is 13.0 Å². The van der Waals surface area contributed by atoms with Crippen molar-refractivity contribution in [3.63, 3.8) is 0 Å². The van der Waals surface area contributed by atoms with Crippen LogP contribution in [0.3, 0.4) is 0 Å². The van der Waals surface area contributed by atoms with Gasteiger partial charge in [0.05, 0.1) is 5.69 Å². The van der Waals surface area contributed by atoms with Gasteiger partial charge in [0, 0.05) is 17.6 Å². The summed E-state index contributed by atoms with van der Waals surface area (Å²) in [6.45, 7) is 2.85. The Morgan fingerprint density at radius 3 is 3.06 bits per heavy atom. The number of anilines is 2. The van der Waals surface area contributed by atoms with Crippen molar-refractivity contribution in [3.8, 4) is 0 Å². The number of nitrogens with two attached hydrogens (primary N) is 1. The predicted molar refractivity (Wildman–Crippen MR) is 69.9 cm³/mol. The van der Waals surface area contributed by atoms with Gasteiger partial charge < -0.3 is 11.1 Å². The molecule has 0 saturated carbocycles. The molecule has 0 amide bonds. The average molecular weight is 233 g/mol. The lowest BCUT2D eigenvalue weighted by Gasteiger charge is -2.08. The summed E-state index contributed by atoms with van der Waals surface area (Å²) in [4.78, 5) is 5.60. The third-order valence-corrected chi connectivity index (χ3v) is 3.39.